The molecule has 0 spiro atoms. The Labute approximate surface area is 87.3 Å². The zero-order chi connectivity index (χ0) is 11.3. The second-order valence-corrected chi connectivity index (χ2v) is 2.98. The number of amides is 1. The fraction of sp³-hybridized carbons (Fsp3) is 0.333. The molecule has 15 heavy (non-hydrogen) atoms. The van der Waals surface area contributed by atoms with Crippen LogP contribution >= 0.6 is 0 Å². The second-order valence-electron chi connectivity index (χ2n) is 2.98. The van der Waals surface area contributed by atoms with E-state index in [0.29, 0.717) is 18.1 Å². The molecule has 1 aromatic heterocycles. The normalized spacial score (nSPS) is 9.67. The van der Waals surface area contributed by atoms with Gasteiger partial charge in [0.2, 0.25) is 5.88 Å². The van der Waals surface area contributed by atoms with Crippen LogP contribution in [-0.2, 0) is 0 Å². The first kappa shape index (κ1) is 11.1. The lowest BCUT2D eigenvalue weighted by Crippen LogP contribution is -2.29. The Morgan fingerprint density at radius 3 is 2.93 bits per heavy atom. The molecule has 82 valence electrons. The minimum Gasteiger partial charge on any atom is -0.476 e. The van der Waals surface area contributed by atoms with Crippen LogP contribution < -0.4 is 10.5 Å². The monoisotopic (exact) mass is 211 g/mol. The molecule has 6 heteroatoms. The van der Waals surface area contributed by atoms with E-state index in [4.69, 9.17) is 15.6 Å². The zero-order valence-electron chi connectivity index (χ0n) is 8.38. The molecule has 0 aliphatic rings. The molecule has 0 unspecified atom stereocenters. The van der Waals surface area contributed by atoms with Crippen LogP contribution in [0.1, 0.15) is 0 Å². The Balaban J connectivity index is 2.32. The van der Waals surface area contributed by atoms with Crippen molar-refractivity contribution in [2.24, 2.45) is 0 Å². The quantitative estimate of drug-likeness (QED) is 0.763. The second kappa shape index (κ2) is 5.04. The minimum absolute atomic E-state index is 0.264. The van der Waals surface area contributed by atoms with Gasteiger partial charge in [0, 0.05) is 13.1 Å². The molecule has 1 amide bonds. The van der Waals surface area contributed by atoms with E-state index in [9.17, 15) is 4.79 Å². The predicted molar refractivity (Wildman–Crippen MR) is 54.8 cm³/mol. The van der Waals surface area contributed by atoms with E-state index in [1.165, 1.54) is 13.2 Å². The molecule has 0 radical (unpaired) electrons. The molecule has 6 nitrogen and oxygen atoms in total. The van der Waals surface area contributed by atoms with Gasteiger partial charge in [-0.1, -0.05) is 0 Å². The van der Waals surface area contributed by atoms with E-state index in [1.807, 2.05) is 0 Å². The molecule has 0 aromatic carbocycles. The average molecular weight is 211 g/mol. The van der Waals surface area contributed by atoms with Gasteiger partial charge in [0.05, 0.1) is 18.4 Å². The van der Waals surface area contributed by atoms with Gasteiger partial charge in [-0.15, -0.1) is 0 Å². The van der Waals surface area contributed by atoms with E-state index in [-0.39, 0.29) is 6.61 Å². The van der Waals surface area contributed by atoms with Crippen LogP contribution in [-0.4, -0.2) is 41.3 Å². The van der Waals surface area contributed by atoms with Crippen LogP contribution in [0.2, 0.25) is 0 Å². The van der Waals surface area contributed by atoms with Crippen molar-refractivity contribution in [2.45, 2.75) is 0 Å². The highest BCUT2D eigenvalue weighted by atomic mass is 16.5. The van der Waals surface area contributed by atoms with E-state index in [0.717, 1.165) is 4.90 Å². The highest BCUT2D eigenvalue weighted by Gasteiger charge is 2.04. The van der Waals surface area contributed by atoms with Crippen molar-refractivity contribution < 1.29 is 14.6 Å². The van der Waals surface area contributed by atoms with Crippen LogP contribution in [0, 0.1) is 0 Å². The van der Waals surface area contributed by atoms with Gasteiger partial charge < -0.3 is 20.5 Å². The van der Waals surface area contributed by atoms with Crippen molar-refractivity contribution >= 4 is 11.8 Å². The minimum atomic E-state index is -0.983. The summed E-state index contributed by atoms with van der Waals surface area (Å²) >= 11 is 0. The molecule has 0 bridgehead atoms. The van der Waals surface area contributed by atoms with Crippen molar-refractivity contribution in [1.29, 1.82) is 0 Å². The van der Waals surface area contributed by atoms with Gasteiger partial charge >= 0.3 is 6.09 Å². The summed E-state index contributed by atoms with van der Waals surface area (Å²) in [5.74, 6) is 0.433. The van der Waals surface area contributed by atoms with E-state index in [2.05, 4.69) is 4.98 Å². The Hall–Kier alpha value is -1.98. The van der Waals surface area contributed by atoms with Crippen LogP contribution in [0.3, 0.4) is 0 Å². The molecule has 3 N–H and O–H groups in total. The van der Waals surface area contributed by atoms with Gasteiger partial charge in [0.1, 0.15) is 6.61 Å². The lowest BCUT2D eigenvalue weighted by atomic mass is 10.4. The van der Waals surface area contributed by atoms with Gasteiger partial charge in [-0.25, -0.2) is 9.78 Å². The Kier molecular flexibility index (Phi) is 3.73. The first-order valence-corrected chi connectivity index (χ1v) is 4.38. The third-order valence-corrected chi connectivity index (χ3v) is 1.76. The maximum atomic E-state index is 10.4. The first-order valence-electron chi connectivity index (χ1n) is 4.38. The molecule has 0 fully saturated rings. The van der Waals surface area contributed by atoms with E-state index in [1.54, 1.807) is 12.1 Å². The molecule has 0 aliphatic heterocycles. The third kappa shape index (κ3) is 3.72. The summed E-state index contributed by atoms with van der Waals surface area (Å²) in [6, 6.07) is 3.30. The smallest absolute Gasteiger partial charge is 0.407 e. The fourth-order valence-corrected chi connectivity index (χ4v) is 0.860. The van der Waals surface area contributed by atoms with Crippen molar-refractivity contribution in [3.05, 3.63) is 18.3 Å². The maximum Gasteiger partial charge on any atom is 0.407 e. The molecular formula is C9H13N3O3. The lowest BCUT2D eigenvalue weighted by molar-refractivity contribution is 0.146. The number of anilines is 1. The van der Waals surface area contributed by atoms with Crippen molar-refractivity contribution in [3.63, 3.8) is 0 Å². The average Bonchev–Trinajstić information content (AvgIpc) is 2.20. The summed E-state index contributed by atoms with van der Waals surface area (Å²) in [6.45, 7) is 0.557. The number of aromatic nitrogens is 1. The molecule has 1 rings (SSSR count). The molecule has 0 saturated carbocycles. The molecule has 0 atom stereocenters. The number of carbonyl (C=O) groups is 1. The summed E-state index contributed by atoms with van der Waals surface area (Å²) in [5, 5.41) is 8.55. The Morgan fingerprint density at radius 1 is 1.67 bits per heavy atom. The molecule has 0 aliphatic carbocycles. The van der Waals surface area contributed by atoms with Gasteiger partial charge in [0.25, 0.3) is 0 Å². The number of hydrogen-bond donors (Lipinski definition) is 2. The van der Waals surface area contributed by atoms with Crippen LogP contribution in [0.15, 0.2) is 18.3 Å². The number of nitrogen functional groups attached to an aromatic ring is 1. The van der Waals surface area contributed by atoms with Crippen molar-refractivity contribution in [3.8, 4) is 5.88 Å². The number of hydrogen-bond acceptors (Lipinski definition) is 4. The first-order chi connectivity index (χ1) is 7.09. The highest BCUT2D eigenvalue weighted by molar-refractivity contribution is 5.64. The van der Waals surface area contributed by atoms with Crippen LogP contribution in [0.5, 0.6) is 5.88 Å². The molecular weight excluding hydrogens is 198 g/mol. The highest BCUT2D eigenvalue weighted by Crippen LogP contribution is 2.07. The number of likely N-dealkylation sites (N-methyl/N-ethyl adjacent to an activating group) is 1. The maximum absolute atomic E-state index is 10.4. The summed E-state index contributed by atoms with van der Waals surface area (Å²) in [6.07, 6.45) is 0.500. The van der Waals surface area contributed by atoms with Gasteiger partial charge in [-0.2, -0.15) is 0 Å². The fourth-order valence-electron chi connectivity index (χ4n) is 0.860. The standard InChI is InChI=1S/C9H13N3O3/c1-12(9(13)14)4-5-15-8-3-2-7(10)6-11-8/h2-3,6H,4-5,10H2,1H3,(H,13,14). The number of pyridine rings is 1. The van der Waals surface area contributed by atoms with Gasteiger partial charge in [-0.05, 0) is 6.07 Å². The molecule has 0 saturated heterocycles. The number of nitrogens with two attached hydrogens (primary N) is 1. The summed E-state index contributed by atoms with van der Waals surface area (Å²) in [5.41, 5.74) is 6.00. The number of rotatable bonds is 4. The lowest BCUT2D eigenvalue weighted by Gasteiger charge is -2.12. The Morgan fingerprint density at radius 2 is 2.40 bits per heavy atom. The topological polar surface area (TPSA) is 88.7 Å². The van der Waals surface area contributed by atoms with E-state index < -0.39 is 6.09 Å². The molecule has 1 heterocycles. The SMILES string of the molecule is CN(CCOc1ccc(N)cn1)C(=O)O. The predicted octanol–water partition coefficient (Wildman–Crippen LogP) is 0.652. The van der Waals surface area contributed by atoms with Crippen LogP contribution in [0.25, 0.3) is 0 Å². The van der Waals surface area contributed by atoms with Gasteiger partial charge in [0.15, 0.2) is 0 Å². The number of ether oxygens (including phenoxy) is 1. The van der Waals surface area contributed by atoms with Crippen molar-refractivity contribution in [2.75, 3.05) is 25.9 Å². The number of carboxylic acid groups (broad SMARTS) is 1. The van der Waals surface area contributed by atoms with Crippen LogP contribution in [0.4, 0.5) is 10.5 Å². The summed E-state index contributed by atoms with van der Waals surface area (Å²) in [4.78, 5) is 15.5. The third-order valence-electron chi connectivity index (χ3n) is 1.76. The largest absolute Gasteiger partial charge is 0.476 e. The molecule has 1 aromatic rings. The summed E-state index contributed by atoms with van der Waals surface area (Å²) < 4.78 is 5.21. The Bertz CT molecular complexity index is 326. The number of nitrogens with zero attached hydrogens (tertiary/aromatic N) is 2. The summed E-state index contributed by atoms with van der Waals surface area (Å²) in [7, 11) is 1.47. The van der Waals surface area contributed by atoms with Gasteiger partial charge in [-0.3, -0.25) is 0 Å². The van der Waals surface area contributed by atoms with E-state index >= 15 is 0 Å². The zero-order valence-corrected chi connectivity index (χ0v) is 8.38. The van der Waals surface area contributed by atoms with Crippen molar-refractivity contribution in [1.82, 2.24) is 9.88 Å².